The van der Waals surface area contributed by atoms with Crippen LogP contribution in [0, 0.1) is 0 Å². The molecule has 1 nitrogen and oxygen atoms in total. The van der Waals surface area contributed by atoms with Crippen LogP contribution in [0.3, 0.4) is 0 Å². The Balaban J connectivity index is 0. The van der Waals surface area contributed by atoms with E-state index in [9.17, 15) is 0 Å². The zero-order chi connectivity index (χ0) is 4.83. The summed E-state index contributed by atoms with van der Waals surface area (Å²) in [6.07, 6.45) is 1.74. The van der Waals surface area contributed by atoms with Gasteiger partial charge in [0.2, 0.25) is 0 Å². The molecule has 7 heavy (non-hydrogen) atoms. The van der Waals surface area contributed by atoms with E-state index in [0.29, 0.717) is 6.61 Å². The van der Waals surface area contributed by atoms with Gasteiger partial charge >= 0.3 is 0 Å². The van der Waals surface area contributed by atoms with E-state index in [1.54, 1.807) is 6.08 Å². The smallest absolute Gasteiger partial charge is 0.0644 e. The second kappa shape index (κ2) is 9.37. The highest BCUT2D eigenvalue weighted by Gasteiger charge is 1.67. The van der Waals surface area contributed by atoms with E-state index in [0.717, 1.165) is 6.61 Å². The van der Waals surface area contributed by atoms with Crippen molar-refractivity contribution in [1.82, 2.24) is 0 Å². The van der Waals surface area contributed by atoms with Crippen molar-refractivity contribution in [2.24, 2.45) is 0 Å². The Morgan fingerprint density at radius 1 is 1.71 bits per heavy atom. The molecule has 0 amide bonds. The third-order valence-corrected chi connectivity index (χ3v) is 0.440. The van der Waals surface area contributed by atoms with Gasteiger partial charge in [0, 0.05) is 6.61 Å². The lowest BCUT2D eigenvalue weighted by atomic mass is 10.7. The van der Waals surface area contributed by atoms with E-state index in [1.807, 2.05) is 6.92 Å². The topological polar surface area (TPSA) is 9.23 Å². The quantitative estimate of drug-likeness (QED) is 0.409. The number of hydrogen-bond acceptors (Lipinski definition) is 1. The maximum Gasteiger partial charge on any atom is 0.0644 e. The molecule has 0 aromatic heterocycles. The van der Waals surface area contributed by atoms with Crippen LogP contribution in [0.25, 0.3) is 0 Å². The summed E-state index contributed by atoms with van der Waals surface area (Å²) in [7, 11) is 0. The van der Waals surface area contributed by atoms with Crippen molar-refractivity contribution in [3.63, 3.8) is 0 Å². The molecule has 0 aliphatic rings. The van der Waals surface area contributed by atoms with E-state index in [1.165, 1.54) is 0 Å². The zero-order valence-corrected chi connectivity index (χ0v) is 5.33. The summed E-state index contributed by atoms with van der Waals surface area (Å²) in [5.74, 6) is 0. The van der Waals surface area contributed by atoms with Crippen LogP contribution in [-0.4, -0.2) is 13.2 Å². The Labute approximate surface area is 50.8 Å². The Morgan fingerprint density at radius 3 is 2.43 bits per heavy atom. The van der Waals surface area contributed by atoms with Gasteiger partial charge in [-0.3, -0.25) is 0 Å². The molecule has 0 bridgehead atoms. The average Bonchev–Trinajstić information content (AvgIpc) is 1.61. The first kappa shape index (κ1) is 10.1. The van der Waals surface area contributed by atoms with Crippen molar-refractivity contribution >= 4 is 12.4 Å². The summed E-state index contributed by atoms with van der Waals surface area (Å²) in [5, 5.41) is 0. The summed E-state index contributed by atoms with van der Waals surface area (Å²) >= 11 is 0. The fourth-order valence-corrected chi connectivity index (χ4v) is 0.201. The molecule has 0 aliphatic carbocycles. The van der Waals surface area contributed by atoms with Gasteiger partial charge in [-0.2, -0.15) is 0 Å². The van der Waals surface area contributed by atoms with Crippen molar-refractivity contribution in [2.75, 3.05) is 13.2 Å². The third-order valence-electron chi connectivity index (χ3n) is 0.440. The largest absolute Gasteiger partial charge is 0.378 e. The van der Waals surface area contributed by atoms with Gasteiger partial charge < -0.3 is 4.74 Å². The molecule has 0 aliphatic heterocycles. The first-order chi connectivity index (χ1) is 2.91. The van der Waals surface area contributed by atoms with Crippen LogP contribution in [0.5, 0.6) is 0 Å². The minimum absolute atomic E-state index is 0. The van der Waals surface area contributed by atoms with E-state index >= 15 is 0 Å². The van der Waals surface area contributed by atoms with E-state index in [2.05, 4.69) is 6.58 Å². The molecule has 0 rings (SSSR count). The van der Waals surface area contributed by atoms with Crippen LogP contribution in [-0.2, 0) is 4.74 Å². The highest BCUT2D eigenvalue weighted by molar-refractivity contribution is 5.85. The molecule has 0 N–H and O–H groups in total. The van der Waals surface area contributed by atoms with Crippen molar-refractivity contribution in [2.45, 2.75) is 6.92 Å². The first-order valence-corrected chi connectivity index (χ1v) is 2.10. The SMILES string of the molecule is C=CCOCC.Cl. The van der Waals surface area contributed by atoms with Crippen LogP contribution in [0.4, 0.5) is 0 Å². The van der Waals surface area contributed by atoms with Crippen molar-refractivity contribution in [3.8, 4) is 0 Å². The molecule has 0 aromatic rings. The average molecular weight is 123 g/mol. The molecule has 0 saturated heterocycles. The second-order valence-electron chi connectivity index (χ2n) is 0.948. The van der Waals surface area contributed by atoms with Gasteiger partial charge in [0.1, 0.15) is 0 Å². The molecule has 0 spiro atoms. The predicted molar refractivity (Wildman–Crippen MR) is 33.9 cm³/mol. The van der Waals surface area contributed by atoms with Crippen molar-refractivity contribution in [3.05, 3.63) is 12.7 Å². The molecule has 44 valence electrons. The van der Waals surface area contributed by atoms with E-state index in [4.69, 9.17) is 4.74 Å². The van der Waals surface area contributed by atoms with Gasteiger partial charge in [-0.1, -0.05) is 6.08 Å². The highest BCUT2D eigenvalue weighted by Crippen LogP contribution is 1.69. The number of rotatable bonds is 3. The summed E-state index contributed by atoms with van der Waals surface area (Å²) in [5.41, 5.74) is 0. The van der Waals surface area contributed by atoms with Crippen molar-refractivity contribution in [1.29, 1.82) is 0 Å². The standard InChI is InChI=1S/C5H10O.ClH/c1-3-5-6-4-2;/h3H,1,4-5H2,2H3;1H. The molecule has 0 heterocycles. The Bertz CT molecular complexity index is 37.1. The molecule has 0 saturated carbocycles. The van der Waals surface area contributed by atoms with Crippen LogP contribution >= 0.6 is 12.4 Å². The fraction of sp³-hybridized carbons (Fsp3) is 0.600. The van der Waals surface area contributed by atoms with Crippen molar-refractivity contribution < 1.29 is 4.74 Å². The van der Waals surface area contributed by atoms with Gasteiger partial charge in [0.25, 0.3) is 0 Å². The highest BCUT2D eigenvalue weighted by atomic mass is 35.5. The summed E-state index contributed by atoms with van der Waals surface area (Å²) in [6.45, 7) is 6.90. The zero-order valence-electron chi connectivity index (χ0n) is 4.52. The Hall–Kier alpha value is -0.0100. The first-order valence-electron chi connectivity index (χ1n) is 2.10. The maximum atomic E-state index is 4.86. The number of halogens is 1. The molecule has 2 heteroatoms. The molecule has 0 atom stereocenters. The number of hydrogen-bond donors (Lipinski definition) is 0. The lowest BCUT2D eigenvalue weighted by Gasteiger charge is -1.88. The van der Waals surface area contributed by atoms with E-state index in [-0.39, 0.29) is 12.4 Å². The van der Waals surface area contributed by atoms with Gasteiger partial charge in [-0.15, -0.1) is 19.0 Å². The lowest BCUT2D eigenvalue weighted by molar-refractivity contribution is 0.178. The normalized spacial score (nSPS) is 7.00. The van der Waals surface area contributed by atoms with Crippen LogP contribution in [0.1, 0.15) is 6.92 Å². The molecular formula is C5H11ClO. The molecule has 0 unspecified atom stereocenters. The van der Waals surface area contributed by atoms with Crippen LogP contribution in [0.2, 0.25) is 0 Å². The van der Waals surface area contributed by atoms with Gasteiger partial charge in [-0.25, -0.2) is 0 Å². The number of ether oxygens (including phenoxy) is 1. The maximum absolute atomic E-state index is 4.86. The minimum Gasteiger partial charge on any atom is -0.378 e. The van der Waals surface area contributed by atoms with Gasteiger partial charge in [0.15, 0.2) is 0 Å². The molecular weight excluding hydrogens is 112 g/mol. The third kappa shape index (κ3) is 10.7. The lowest BCUT2D eigenvalue weighted by Crippen LogP contribution is -1.86. The molecule has 0 radical (unpaired) electrons. The second-order valence-corrected chi connectivity index (χ2v) is 0.948. The summed E-state index contributed by atoms with van der Waals surface area (Å²) in [6, 6.07) is 0. The fourth-order valence-electron chi connectivity index (χ4n) is 0.201. The summed E-state index contributed by atoms with van der Waals surface area (Å²) in [4.78, 5) is 0. The van der Waals surface area contributed by atoms with Crippen LogP contribution in [0.15, 0.2) is 12.7 Å². The predicted octanol–water partition coefficient (Wildman–Crippen LogP) is 1.63. The monoisotopic (exact) mass is 122 g/mol. The Kier molecular flexibility index (Phi) is 13.5. The molecule has 0 aromatic carbocycles. The van der Waals surface area contributed by atoms with Crippen LogP contribution < -0.4 is 0 Å². The summed E-state index contributed by atoms with van der Waals surface area (Å²) < 4.78 is 4.86. The Morgan fingerprint density at radius 2 is 2.29 bits per heavy atom. The minimum atomic E-state index is 0. The van der Waals surface area contributed by atoms with E-state index < -0.39 is 0 Å². The van der Waals surface area contributed by atoms with Gasteiger partial charge in [-0.05, 0) is 6.92 Å². The molecule has 0 fully saturated rings. The van der Waals surface area contributed by atoms with Gasteiger partial charge in [0.05, 0.1) is 6.61 Å².